The molecule has 3 rings (SSSR count). The minimum atomic E-state index is -0.488. The summed E-state index contributed by atoms with van der Waals surface area (Å²) in [6.45, 7) is -0.0193. The number of hydrogen-bond acceptors (Lipinski definition) is 8. The summed E-state index contributed by atoms with van der Waals surface area (Å²) in [5.74, 6) is 1.13. The van der Waals surface area contributed by atoms with Crippen LogP contribution in [0.4, 0.5) is 5.69 Å². The average molecular weight is 354 g/mol. The molecule has 1 heterocycles. The molecule has 0 bridgehead atoms. The van der Waals surface area contributed by atoms with E-state index < -0.39 is 4.92 Å². The number of rotatable bonds is 7. The summed E-state index contributed by atoms with van der Waals surface area (Å²) < 4.78 is 10.5. The van der Waals surface area contributed by atoms with Gasteiger partial charge in [0.15, 0.2) is 6.61 Å². The molecule has 9 nitrogen and oxygen atoms in total. The molecule has 0 aliphatic rings. The van der Waals surface area contributed by atoms with Crippen molar-refractivity contribution in [3.8, 4) is 17.2 Å². The Hall–Kier alpha value is -3.75. The van der Waals surface area contributed by atoms with E-state index in [4.69, 9.17) is 14.0 Å². The molecule has 0 radical (unpaired) electrons. The second-order valence-electron chi connectivity index (χ2n) is 5.09. The van der Waals surface area contributed by atoms with E-state index in [1.807, 2.05) is 24.3 Å². The maximum Gasteiger partial charge on any atom is 0.270 e. The van der Waals surface area contributed by atoms with E-state index in [-0.39, 0.29) is 24.1 Å². The third kappa shape index (κ3) is 4.20. The Morgan fingerprint density at radius 3 is 2.77 bits per heavy atom. The van der Waals surface area contributed by atoms with Gasteiger partial charge in [-0.25, -0.2) is 0 Å². The summed E-state index contributed by atoms with van der Waals surface area (Å²) in [5, 5.41) is 22.3. The summed E-state index contributed by atoms with van der Waals surface area (Å²) >= 11 is 0. The van der Waals surface area contributed by atoms with Crippen LogP contribution in [0.2, 0.25) is 0 Å². The monoisotopic (exact) mass is 354 g/mol. The van der Waals surface area contributed by atoms with Gasteiger partial charge in [-0.15, -0.1) is 10.2 Å². The van der Waals surface area contributed by atoms with Crippen LogP contribution < -0.4 is 4.74 Å². The molecule has 2 aromatic carbocycles. The van der Waals surface area contributed by atoms with Crippen LogP contribution >= 0.6 is 0 Å². The van der Waals surface area contributed by atoms with Crippen molar-refractivity contribution in [2.75, 3.05) is 7.11 Å². The van der Waals surface area contributed by atoms with Gasteiger partial charge in [-0.05, 0) is 35.9 Å². The van der Waals surface area contributed by atoms with Crippen molar-refractivity contribution >= 4 is 11.9 Å². The molecule has 0 saturated carbocycles. The van der Waals surface area contributed by atoms with Gasteiger partial charge in [0.1, 0.15) is 5.75 Å². The summed E-state index contributed by atoms with van der Waals surface area (Å²) in [4.78, 5) is 15.4. The number of nitro benzene ring substituents is 1. The minimum absolute atomic E-state index is 0.0193. The van der Waals surface area contributed by atoms with Gasteiger partial charge >= 0.3 is 0 Å². The van der Waals surface area contributed by atoms with Gasteiger partial charge in [-0.1, -0.05) is 11.2 Å². The fraction of sp³-hybridized carbons (Fsp3) is 0.118. The van der Waals surface area contributed by atoms with Crippen LogP contribution in [0.3, 0.4) is 0 Å². The van der Waals surface area contributed by atoms with Crippen molar-refractivity contribution in [1.29, 1.82) is 0 Å². The van der Waals surface area contributed by atoms with Gasteiger partial charge in [-0.2, -0.15) is 0 Å². The van der Waals surface area contributed by atoms with Crippen LogP contribution in [-0.2, 0) is 11.4 Å². The Kier molecular flexibility index (Phi) is 5.18. The molecular weight excluding hydrogens is 340 g/mol. The molecule has 9 heteroatoms. The predicted molar refractivity (Wildman–Crippen MR) is 91.8 cm³/mol. The molecule has 26 heavy (non-hydrogen) atoms. The third-order valence-corrected chi connectivity index (χ3v) is 3.35. The number of non-ortho nitro benzene ring substituents is 1. The van der Waals surface area contributed by atoms with Crippen molar-refractivity contribution in [2.24, 2.45) is 5.16 Å². The number of aromatic nitrogens is 2. The average Bonchev–Trinajstić information content (AvgIpc) is 3.15. The number of hydrogen-bond donors (Lipinski definition) is 0. The number of benzene rings is 2. The molecule has 1 aromatic heterocycles. The van der Waals surface area contributed by atoms with Crippen LogP contribution in [0.15, 0.2) is 58.1 Å². The normalized spacial score (nSPS) is 10.8. The van der Waals surface area contributed by atoms with Crippen molar-refractivity contribution in [3.05, 3.63) is 70.1 Å². The first-order valence-corrected chi connectivity index (χ1v) is 7.52. The minimum Gasteiger partial charge on any atom is -0.497 e. The molecule has 0 unspecified atom stereocenters. The Balaban J connectivity index is 1.59. The largest absolute Gasteiger partial charge is 0.497 e. The Morgan fingerprint density at radius 2 is 2.04 bits per heavy atom. The highest BCUT2D eigenvalue weighted by Gasteiger charge is 2.12. The number of nitro groups is 1. The zero-order valence-corrected chi connectivity index (χ0v) is 13.7. The molecule has 0 saturated heterocycles. The highest BCUT2D eigenvalue weighted by atomic mass is 16.6. The summed E-state index contributed by atoms with van der Waals surface area (Å²) in [5.41, 5.74) is 1.25. The smallest absolute Gasteiger partial charge is 0.270 e. The number of ether oxygens (including phenoxy) is 1. The summed E-state index contributed by atoms with van der Waals surface area (Å²) in [6, 6.07) is 13.2. The van der Waals surface area contributed by atoms with Crippen molar-refractivity contribution in [3.63, 3.8) is 0 Å². The lowest BCUT2D eigenvalue weighted by atomic mass is 10.2. The van der Waals surface area contributed by atoms with E-state index in [9.17, 15) is 10.1 Å². The van der Waals surface area contributed by atoms with Gasteiger partial charge < -0.3 is 14.0 Å². The quantitative estimate of drug-likeness (QED) is 0.364. The predicted octanol–water partition coefficient (Wildman–Crippen LogP) is 3.20. The fourth-order valence-corrected chi connectivity index (χ4v) is 2.06. The topological polar surface area (TPSA) is 113 Å². The fourth-order valence-electron chi connectivity index (χ4n) is 2.06. The van der Waals surface area contributed by atoms with Gasteiger partial charge in [0, 0.05) is 17.7 Å². The number of oxime groups is 1. The van der Waals surface area contributed by atoms with Crippen LogP contribution in [-0.4, -0.2) is 28.4 Å². The maximum atomic E-state index is 10.8. The lowest BCUT2D eigenvalue weighted by Crippen LogP contribution is -1.89. The second kappa shape index (κ2) is 7.88. The number of methoxy groups -OCH3 is 1. The van der Waals surface area contributed by atoms with Gasteiger partial charge in [0.25, 0.3) is 11.6 Å². The van der Waals surface area contributed by atoms with Crippen molar-refractivity contribution in [1.82, 2.24) is 10.2 Å². The second-order valence-corrected chi connectivity index (χ2v) is 5.09. The molecule has 0 fully saturated rings. The maximum absolute atomic E-state index is 10.8. The molecule has 0 spiro atoms. The van der Waals surface area contributed by atoms with Crippen LogP contribution in [0.25, 0.3) is 11.5 Å². The Labute approximate surface area is 148 Å². The van der Waals surface area contributed by atoms with Crippen LogP contribution in [0.5, 0.6) is 5.75 Å². The zero-order chi connectivity index (χ0) is 18.4. The van der Waals surface area contributed by atoms with Crippen molar-refractivity contribution < 1.29 is 18.9 Å². The molecule has 0 aliphatic heterocycles. The third-order valence-electron chi connectivity index (χ3n) is 3.35. The van der Waals surface area contributed by atoms with E-state index in [1.54, 1.807) is 19.2 Å². The molecule has 0 atom stereocenters. The summed E-state index contributed by atoms with van der Waals surface area (Å²) in [6.07, 6.45) is 1.54. The molecule has 0 aliphatic carbocycles. The van der Waals surface area contributed by atoms with E-state index in [0.29, 0.717) is 5.56 Å². The molecule has 0 amide bonds. The van der Waals surface area contributed by atoms with E-state index in [2.05, 4.69) is 15.4 Å². The Bertz CT molecular complexity index is 921. The zero-order valence-electron chi connectivity index (χ0n) is 13.7. The van der Waals surface area contributed by atoms with E-state index in [0.717, 1.165) is 11.3 Å². The highest BCUT2D eigenvalue weighted by molar-refractivity contribution is 5.79. The van der Waals surface area contributed by atoms with Gasteiger partial charge in [0.05, 0.1) is 18.2 Å². The van der Waals surface area contributed by atoms with E-state index >= 15 is 0 Å². The first-order chi connectivity index (χ1) is 12.7. The first kappa shape index (κ1) is 17.1. The van der Waals surface area contributed by atoms with Crippen LogP contribution in [0, 0.1) is 10.1 Å². The molecule has 0 N–H and O–H groups in total. The SMILES string of the molecule is COc1ccc(/C=N/OCc2nnc(-c3cccc([N+](=O)[O-])c3)o2)cc1. The standard InChI is InChI=1S/C17H14N4O5/c1-24-15-7-5-12(6-8-15)10-18-25-11-16-19-20-17(26-16)13-3-2-4-14(9-13)21(22)23/h2-10H,11H2,1H3/b18-10+. The van der Waals surface area contributed by atoms with E-state index in [1.165, 1.54) is 18.3 Å². The lowest BCUT2D eigenvalue weighted by molar-refractivity contribution is -0.384. The summed E-state index contributed by atoms with van der Waals surface area (Å²) in [7, 11) is 1.60. The van der Waals surface area contributed by atoms with Gasteiger partial charge in [-0.3, -0.25) is 10.1 Å². The molecular formula is C17H14N4O5. The molecule has 132 valence electrons. The van der Waals surface area contributed by atoms with Crippen molar-refractivity contribution in [2.45, 2.75) is 6.61 Å². The number of nitrogens with zero attached hydrogens (tertiary/aromatic N) is 4. The van der Waals surface area contributed by atoms with Crippen LogP contribution in [0.1, 0.15) is 11.5 Å². The first-order valence-electron chi connectivity index (χ1n) is 7.52. The Morgan fingerprint density at radius 1 is 1.23 bits per heavy atom. The lowest BCUT2D eigenvalue weighted by Gasteiger charge is -1.98. The highest BCUT2D eigenvalue weighted by Crippen LogP contribution is 2.22. The molecule has 3 aromatic rings. The van der Waals surface area contributed by atoms with Gasteiger partial charge in [0.2, 0.25) is 5.89 Å².